The number of ether oxygens (including phenoxy) is 1. The van der Waals surface area contributed by atoms with Crippen LogP contribution in [0.3, 0.4) is 0 Å². The lowest BCUT2D eigenvalue weighted by molar-refractivity contribution is 0.409. The number of aliphatic imine (C=N–C) groups is 1. The first-order valence-electron chi connectivity index (χ1n) is 8.32. The lowest BCUT2D eigenvalue weighted by Gasteiger charge is -2.18. The smallest absolute Gasteiger partial charge is 0.191 e. The van der Waals surface area contributed by atoms with Gasteiger partial charge in [-0.3, -0.25) is 4.21 Å². The van der Waals surface area contributed by atoms with Gasteiger partial charge in [0.2, 0.25) is 0 Å². The lowest BCUT2D eigenvalue weighted by atomic mass is 10.1. The van der Waals surface area contributed by atoms with E-state index in [1.807, 2.05) is 46.8 Å². The summed E-state index contributed by atoms with van der Waals surface area (Å²) in [7, 11) is 0.803. The molecule has 1 aromatic rings. The van der Waals surface area contributed by atoms with E-state index in [4.69, 9.17) is 4.74 Å². The van der Waals surface area contributed by atoms with Gasteiger partial charge in [0, 0.05) is 40.0 Å². The van der Waals surface area contributed by atoms with Crippen molar-refractivity contribution in [2.75, 3.05) is 26.0 Å². The summed E-state index contributed by atoms with van der Waals surface area (Å²) < 4.78 is 17.3. The van der Waals surface area contributed by atoms with Crippen LogP contribution < -0.4 is 15.4 Å². The number of benzene rings is 1. The number of rotatable bonds is 7. The summed E-state index contributed by atoms with van der Waals surface area (Å²) in [6.07, 6.45) is 0. The molecule has 0 bridgehead atoms. The molecule has 1 unspecified atom stereocenters. The molecule has 1 rings (SSSR count). The normalized spacial score (nSPS) is 13.0. The van der Waals surface area contributed by atoms with Crippen LogP contribution in [-0.2, 0) is 17.3 Å². The maximum Gasteiger partial charge on any atom is 0.191 e. The quantitative estimate of drug-likeness (QED) is 0.357. The van der Waals surface area contributed by atoms with E-state index in [2.05, 4.69) is 21.7 Å². The third kappa shape index (κ3) is 8.89. The van der Waals surface area contributed by atoms with E-state index in [1.165, 1.54) is 0 Å². The zero-order valence-corrected chi connectivity index (χ0v) is 19.3. The second-order valence-electron chi connectivity index (χ2n) is 6.60. The molecule has 0 fully saturated rings. The highest BCUT2D eigenvalue weighted by atomic mass is 127. The van der Waals surface area contributed by atoms with Gasteiger partial charge in [-0.25, -0.2) is 4.99 Å². The van der Waals surface area contributed by atoms with Crippen LogP contribution in [0.1, 0.15) is 38.8 Å². The predicted molar refractivity (Wildman–Crippen MR) is 119 cm³/mol. The molecule has 0 saturated carbocycles. The standard InChI is InChI=1S/C18H31N3O2S.HI/c1-7-19-17(20-10-11-24(22)18(3,4)5)21-13-15-9-8-14(2)12-16(15)23-6;/h8-9,12H,7,10-11,13H2,1-6H3,(H2,19,20,21);1H. The van der Waals surface area contributed by atoms with E-state index in [0.29, 0.717) is 18.8 Å². The fourth-order valence-electron chi connectivity index (χ4n) is 2.06. The van der Waals surface area contributed by atoms with Crippen LogP contribution in [-0.4, -0.2) is 40.9 Å². The number of hydrogen-bond acceptors (Lipinski definition) is 3. The Morgan fingerprint density at radius 1 is 1.28 bits per heavy atom. The van der Waals surface area contributed by atoms with Crippen molar-refractivity contribution in [1.29, 1.82) is 0 Å². The van der Waals surface area contributed by atoms with Crippen molar-refractivity contribution in [3.8, 4) is 5.75 Å². The third-order valence-electron chi connectivity index (χ3n) is 3.46. The van der Waals surface area contributed by atoms with E-state index in [1.54, 1.807) is 7.11 Å². The van der Waals surface area contributed by atoms with Gasteiger partial charge >= 0.3 is 0 Å². The van der Waals surface area contributed by atoms with Crippen molar-refractivity contribution in [2.45, 2.75) is 45.9 Å². The van der Waals surface area contributed by atoms with Crippen molar-refractivity contribution >= 4 is 40.7 Å². The number of methoxy groups -OCH3 is 1. The maximum absolute atomic E-state index is 12.1. The average Bonchev–Trinajstić information content (AvgIpc) is 2.52. The SMILES string of the molecule is CCNC(=NCc1ccc(C)cc1OC)NCCS(=O)C(C)(C)C.I. The second-order valence-corrected chi connectivity index (χ2v) is 8.92. The van der Waals surface area contributed by atoms with Crippen LogP contribution in [0.15, 0.2) is 23.2 Å². The van der Waals surface area contributed by atoms with Crippen LogP contribution >= 0.6 is 24.0 Å². The van der Waals surface area contributed by atoms with Gasteiger partial charge in [-0.1, -0.05) is 12.1 Å². The largest absolute Gasteiger partial charge is 0.496 e. The molecule has 1 aromatic carbocycles. The van der Waals surface area contributed by atoms with Crippen LogP contribution in [0.4, 0.5) is 0 Å². The topological polar surface area (TPSA) is 62.7 Å². The van der Waals surface area contributed by atoms with E-state index in [0.717, 1.165) is 29.4 Å². The molecule has 144 valence electrons. The van der Waals surface area contributed by atoms with Crippen LogP contribution in [0.25, 0.3) is 0 Å². The Balaban J connectivity index is 0.00000576. The van der Waals surface area contributed by atoms with Crippen molar-refractivity contribution in [2.24, 2.45) is 4.99 Å². The molecule has 0 aliphatic carbocycles. The van der Waals surface area contributed by atoms with E-state index < -0.39 is 10.8 Å². The molecule has 7 heteroatoms. The second kappa shape index (κ2) is 11.7. The molecule has 0 aliphatic rings. The summed E-state index contributed by atoms with van der Waals surface area (Å²) in [6.45, 7) is 12.0. The minimum Gasteiger partial charge on any atom is -0.496 e. The zero-order valence-electron chi connectivity index (χ0n) is 16.1. The van der Waals surface area contributed by atoms with Gasteiger partial charge in [0.1, 0.15) is 5.75 Å². The van der Waals surface area contributed by atoms with Crippen molar-refractivity contribution in [3.05, 3.63) is 29.3 Å². The fourth-order valence-corrected chi connectivity index (χ4v) is 2.96. The first-order valence-corrected chi connectivity index (χ1v) is 9.64. The molecule has 0 amide bonds. The Morgan fingerprint density at radius 2 is 1.96 bits per heavy atom. The van der Waals surface area contributed by atoms with Crippen LogP contribution in [0.2, 0.25) is 0 Å². The summed E-state index contributed by atoms with van der Waals surface area (Å²) >= 11 is 0. The molecule has 0 aromatic heterocycles. The Bertz CT molecular complexity index is 586. The van der Waals surface area contributed by atoms with Crippen LogP contribution in [0, 0.1) is 6.92 Å². The van der Waals surface area contributed by atoms with Crippen molar-refractivity contribution < 1.29 is 8.95 Å². The number of guanidine groups is 1. The van der Waals surface area contributed by atoms with Gasteiger partial charge in [0.05, 0.1) is 13.7 Å². The number of nitrogens with one attached hydrogen (secondary N) is 2. The summed E-state index contributed by atoms with van der Waals surface area (Å²) in [4.78, 5) is 4.60. The highest BCUT2D eigenvalue weighted by Crippen LogP contribution is 2.20. The van der Waals surface area contributed by atoms with Gasteiger partial charge < -0.3 is 15.4 Å². The van der Waals surface area contributed by atoms with Gasteiger partial charge in [-0.05, 0) is 46.2 Å². The highest BCUT2D eigenvalue weighted by molar-refractivity contribution is 14.0. The lowest BCUT2D eigenvalue weighted by Crippen LogP contribution is -2.40. The molecule has 5 nitrogen and oxygen atoms in total. The molecule has 2 N–H and O–H groups in total. The number of halogens is 1. The Labute approximate surface area is 171 Å². The van der Waals surface area contributed by atoms with Gasteiger partial charge in [0.25, 0.3) is 0 Å². The average molecular weight is 481 g/mol. The first-order chi connectivity index (χ1) is 11.3. The molecule has 0 heterocycles. The molecule has 1 atom stereocenters. The zero-order chi connectivity index (χ0) is 18.2. The Hall–Kier alpha value is -0.830. The van der Waals surface area contributed by atoms with Gasteiger partial charge in [0.15, 0.2) is 5.96 Å². The molecular weight excluding hydrogens is 449 g/mol. The summed E-state index contributed by atoms with van der Waals surface area (Å²) in [6, 6.07) is 6.10. The highest BCUT2D eigenvalue weighted by Gasteiger charge is 2.18. The predicted octanol–water partition coefficient (Wildman–Crippen LogP) is 3.22. The van der Waals surface area contributed by atoms with E-state index >= 15 is 0 Å². The molecule has 25 heavy (non-hydrogen) atoms. The molecular formula is C18H32IN3O2S. The van der Waals surface area contributed by atoms with E-state index in [-0.39, 0.29) is 28.7 Å². The Morgan fingerprint density at radius 3 is 2.52 bits per heavy atom. The maximum atomic E-state index is 12.1. The minimum atomic E-state index is -0.871. The number of aryl methyl sites for hydroxylation is 1. The van der Waals surface area contributed by atoms with Crippen molar-refractivity contribution in [1.82, 2.24) is 10.6 Å². The molecule has 0 spiro atoms. The fraction of sp³-hybridized carbons (Fsp3) is 0.611. The van der Waals surface area contributed by atoms with Crippen molar-refractivity contribution in [3.63, 3.8) is 0 Å². The molecule has 0 radical (unpaired) electrons. The Kier molecular flexibility index (Phi) is 11.3. The van der Waals surface area contributed by atoms with E-state index in [9.17, 15) is 4.21 Å². The minimum absolute atomic E-state index is 0. The summed E-state index contributed by atoms with van der Waals surface area (Å²) in [5, 5.41) is 6.46. The summed E-state index contributed by atoms with van der Waals surface area (Å²) in [5.41, 5.74) is 2.20. The number of hydrogen-bond donors (Lipinski definition) is 2. The third-order valence-corrected chi connectivity index (χ3v) is 5.40. The van der Waals surface area contributed by atoms with Crippen LogP contribution in [0.5, 0.6) is 5.75 Å². The van der Waals surface area contributed by atoms with Gasteiger partial charge in [-0.2, -0.15) is 0 Å². The molecule has 0 aliphatic heterocycles. The summed E-state index contributed by atoms with van der Waals surface area (Å²) in [5.74, 6) is 2.18. The van der Waals surface area contributed by atoms with Gasteiger partial charge in [-0.15, -0.1) is 24.0 Å². The first kappa shape index (κ1) is 24.2. The molecule has 0 saturated heterocycles. The number of nitrogens with zero attached hydrogens (tertiary/aromatic N) is 1. The monoisotopic (exact) mass is 481 g/mol.